The number of halogens is 1. The predicted molar refractivity (Wildman–Crippen MR) is 68.7 cm³/mol. The fourth-order valence-electron chi connectivity index (χ4n) is 1.39. The first kappa shape index (κ1) is 11.4. The van der Waals surface area contributed by atoms with Gasteiger partial charge in [-0.2, -0.15) is 0 Å². The standard InChI is InChI=1S/C11H15BrN4/c1-4-11(2,3)15-9-10-13-5-6-16(10)7-8(12)14-9/h5-7H,4H2,1-3H3,(H,14,15). The van der Waals surface area contributed by atoms with Crippen LogP contribution in [0.3, 0.4) is 0 Å². The van der Waals surface area contributed by atoms with Crippen molar-refractivity contribution in [2.45, 2.75) is 32.7 Å². The molecule has 16 heavy (non-hydrogen) atoms. The van der Waals surface area contributed by atoms with Crippen molar-refractivity contribution >= 4 is 27.4 Å². The van der Waals surface area contributed by atoms with Gasteiger partial charge in [0.25, 0.3) is 0 Å². The molecule has 4 nitrogen and oxygen atoms in total. The second-order valence-corrected chi connectivity index (χ2v) is 5.25. The maximum Gasteiger partial charge on any atom is 0.180 e. The maximum atomic E-state index is 4.43. The molecule has 86 valence electrons. The van der Waals surface area contributed by atoms with Gasteiger partial charge >= 0.3 is 0 Å². The van der Waals surface area contributed by atoms with Crippen LogP contribution >= 0.6 is 15.9 Å². The second kappa shape index (κ2) is 4.05. The third kappa shape index (κ3) is 2.19. The Kier molecular flexibility index (Phi) is 2.88. The van der Waals surface area contributed by atoms with E-state index in [1.807, 2.05) is 16.8 Å². The summed E-state index contributed by atoms with van der Waals surface area (Å²) in [6.45, 7) is 6.44. The molecule has 0 aliphatic heterocycles. The van der Waals surface area contributed by atoms with Gasteiger partial charge in [-0.25, -0.2) is 9.97 Å². The normalized spacial score (nSPS) is 12.0. The first-order valence-electron chi connectivity index (χ1n) is 5.29. The first-order chi connectivity index (χ1) is 7.52. The van der Waals surface area contributed by atoms with Crippen LogP contribution in [0.5, 0.6) is 0 Å². The van der Waals surface area contributed by atoms with E-state index in [0.29, 0.717) is 0 Å². The van der Waals surface area contributed by atoms with Gasteiger partial charge in [0.1, 0.15) is 4.60 Å². The molecule has 0 bridgehead atoms. The number of nitrogens with one attached hydrogen (secondary N) is 1. The van der Waals surface area contributed by atoms with Crippen LogP contribution in [0.1, 0.15) is 27.2 Å². The Morgan fingerprint density at radius 2 is 2.25 bits per heavy atom. The molecule has 0 aliphatic rings. The predicted octanol–water partition coefficient (Wildman–Crippen LogP) is 3.09. The number of rotatable bonds is 3. The molecule has 0 spiro atoms. The van der Waals surface area contributed by atoms with Crippen LogP contribution in [-0.2, 0) is 0 Å². The van der Waals surface area contributed by atoms with Crippen LogP contribution in [-0.4, -0.2) is 19.9 Å². The van der Waals surface area contributed by atoms with Crippen molar-refractivity contribution in [1.29, 1.82) is 0 Å². The Labute approximate surface area is 103 Å². The zero-order valence-electron chi connectivity index (χ0n) is 9.66. The van der Waals surface area contributed by atoms with Gasteiger partial charge in [0.15, 0.2) is 11.5 Å². The van der Waals surface area contributed by atoms with Gasteiger partial charge in [0.05, 0.1) is 0 Å². The van der Waals surface area contributed by atoms with Gasteiger partial charge in [0.2, 0.25) is 0 Å². The van der Waals surface area contributed by atoms with E-state index in [1.54, 1.807) is 6.20 Å². The van der Waals surface area contributed by atoms with Crippen LogP contribution in [0, 0.1) is 0 Å². The van der Waals surface area contributed by atoms with Crippen LogP contribution in [0.2, 0.25) is 0 Å². The number of anilines is 1. The molecule has 0 unspecified atom stereocenters. The van der Waals surface area contributed by atoms with E-state index in [4.69, 9.17) is 0 Å². The third-order valence-corrected chi connectivity index (χ3v) is 3.07. The Balaban J connectivity index is 2.47. The van der Waals surface area contributed by atoms with Crippen molar-refractivity contribution in [2.75, 3.05) is 5.32 Å². The van der Waals surface area contributed by atoms with Crippen LogP contribution < -0.4 is 5.32 Å². The zero-order chi connectivity index (χ0) is 11.8. The lowest BCUT2D eigenvalue weighted by Crippen LogP contribution is -2.30. The summed E-state index contributed by atoms with van der Waals surface area (Å²) in [5, 5.41) is 3.41. The zero-order valence-corrected chi connectivity index (χ0v) is 11.2. The van der Waals surface area contributed by atoms with Crippen LogP contribution in [0.25, 0.3) is 5.65 Å². The fourth-order valence-corrected chi connectivity index (χ4v) is 1.79. The molecule has 5 heteroatoms. The lowest BCUT2D eigenvalue weighted by atomic mass is 10.0. The lowest BCUT2D eigenvalue weighted by molar-refractivity contribution is 0.545. The van der Waals surface area contributed by atoms with Gasteiger partial charge in [-0.1, -0.05) is 6.92 Å². The molecular weight excluding hydrogens is 268 g/mol. The highest BCUT2D eigenvalue weighted by atomic mass is 79.9. The van der Waals surface area contributed by atoms with Crippen LogP contribution in [0.4, 0.5) is 5.82 Å². The SMILES string of the molecule is CCC(C)(C)Nc1nc(Br)cn2ccnc12. The molecule has 0 saturated heterocycles. The molecule has 0 atom stereocenters. The number of nitrogens with zero attached hydrogens (tertiary/aromatic N) is 3. The number of aromatic nitrogens is 3. The molecule has 0 amide bonds. The van der Waals surface area contributed by atoms with Crippen molar-refractivity contribution in [1.82, 2.24) is 14.4 Å². The molecule has 0 fully saturated rings. The topological polar surface area (TPSA) is 42.2 Å². The summed E-state index contributed by atoms with van der Waals surface area (Å²) in [7, 11) is 0. The summed E-state index contributed by atoms with van der Waals surface area (Å²) in [4.78, 5) is 8.72. The molecule has 2 aromatic rings. The molecular formula is C11H15BrN4. The van der Waals surface area contributed by atoms with E-state index in [1.165, 1.54) is 0 Å². The number of imidazole rings is 1. The van der Waals surface area contributed by atoms with E-state index >= 15 is 0 Å². The van der Waals surface area contributed by atoms with Crippen molar-refractivity contribution in [3.8, 4) is 0 Å². The minimum atomic E-state index is 0.0141. The molecule has 2 heterocycles. The Bertz CT molecular complexity index is 504. The van der Waals surface area contributed by atoms with Gasteiger partial charge in [-0.05, 0) is 36.2 Å². The van der Waals surface area contributed by atoms with E-state index in [2.05, 4.69) is 52.0 Å². The summed E-state index contributed by atoms with van der Waals surface area (Å²) in [6, 6.07) is 0. The van der Waals surface area contributed by atoms with Gasteiger partial charge in [0, 0.05) is 24.1 Å². The molecule has 0 aliphatic carbocycles. The van der Waals surface area contributed by atoms with Crippen molar-refractivity contribution in [3.05, 3.63) is 23.2 Å². The Morgan fingerprint density at radius 3 is 2.94 bits per heavy atom. The van der Waals surface area contributed by atoms with Gasteiger partial charge in [-0.15, -0.1) is 0 Å². The lowest BCUT2D eigenvalue weighted by Gasteiger charge is -2.25. The summed E-state index contributed by atoms with van der Waals surface area (Å²) in [5.74, 6) is 0.811. The Morgan fingerprint density at radius 1 is 1.50 bits per heavy atom. The van der Waals surface area contributed by atoms with E-state index in [9.17, 15) is 0 Å². The smallest absolute Gasteiger partial charge is 0.180 e. The summed E-state index contributed by atoms with van der Waals surface area (Å²) >= 11 is 3.40. The molecule has 1 N–H and O–H groups in total. The average molecular weight is 283 g/mol. The van der Waals surface area contributed by atoms with Crippen molar-refractivity contribution < 1.29 is 0 Å². The van der Waals surface area contributed by atoms with E-state index in [0.717, 1.165) is 22.5 Å². The van der Waals surface area contributed by atoms with E-state index < -0.39 is 0 Å². The molecule has 0 aromatic carbocycles. The van der Waals surface area contributed by atoms with Gasteiger partial charge < -0.3 is 9.72 Å². The van der Waals surface area contributed by atoms with Crippen molar-refractivity contribution in [3.63, 3.8) is 0 Å². The fraction of sp³-hybridized carbons (Fsp3) is 0.455. The monoisotopic (exact) mass is 282 g/mol. The first-order valence-corrected chi connectivity index (χ1v) is 6.08. The van der Waals surface area contributed by atoms with E-state index in [-0.39, 0.29) is 5.54 Å². The highest BCUT2D eigenvalue weighted by Gasteiger charge is 2.17. The average Bonchev–Trinajstić information content (AvgIpc) is 2.65. The Hall–Kier alpha value is -1.10. The largest absolute Gasteiger partial charge is 0.362 e. The quantitative estimate of drug-likeness (QED) is 0.941. The number of hydrogen-bond acceptors (Lipinski definition) is 3. The minimum Gasteiger partial charge on any atom is -0.362 e. The molecule has 0 saturated carbocycles. The highest BCUT2D eigenvalue weighted by Crippen LogP contribution is 2.21. The summed E-state index contributed by atoms with van der Waals surface area (Å²) < 4.78 is 2.75. The summed E-state index contributed by atoms with van der Waals surface area (Å²) in [6.07, 6.45) is 6.60. The van der Waals surface area contributed by atoms with Gasteiger partial charge in [-0.3, -0.25) is 0 Å². The third-order valence-electron chi connectivity index (χ3n) is 2.69. The maximum absolute atomic E-state index is 4.43. The molecule has 2 aromatic heterocycles. The molecule has 2 rings (SSSR count). The molecule has 0 radical (unpaired) electrons. The second-order valence-electron chi connectivity index (χ2n) is 4.43. The minimum absolute atomic E-state index is 0.0141. The summed E-state index contributed by atoms with van der Waals surface area (Å²) in [5.41, 5.74) is 0.866. The highest BCUT2D eigenvalue weighted by molar-refractivity contribution is 9.10. The number of fused-ring (bicyclic) bond motifs is 1. The van der Waals surface area contributed by atoms with Crippen molar-refractivity contribution in [2.24, 2.45) is 0 Å². The van der Waals surface area contributed by atoms with Crippen LogP contribution in [0.15, 0.2) is 23.2 Å². The number of hydrogen-bond donors (Lipinski definition) is 1.